The van der Waals surface area contributed by atoms with Gasteiger partial charge < -0.3 is 10.1 Å². The molecule has 0 fully saturated rings. The molecule has 5 nitrogen and oxygen atoms in total. The second kappa shape index (κ2) is 8.70. The molecule has 0 bridgehead atoms. The first-order valence-corrected chi connectivity index (χ1v) is 8.30. The van der Waals surface area contributed by atoms with Crippen molar-refractivity contribution in [3.8, 4) is 6.07 Å². The molecule has 2 aromatic rings. The van der Waals surface area contributed by atoms with E-state index in [9.17, 15) is 5.21 Å². The van der Waals surface area contributed by atoms with Gasteiger partial charge in [0.25, 0.3) is 0 Å². The maximum absolute atomic E-state index is 12.9. The first kappa shape index (κ1) is 19.8. The third-order valence-corrected chi connectivity index (χ3v) is 4.28. The summed E-state index contributed by atoms with van der Waals surface area (Å²) in [5.74, 6) is 0.625. The molecule has 1 heterocycles. The molecular formula is C19H18Cl2N4O. The SMILES string of the molecule is CN(CCC#N)C1=Nc2ccc(Cl)cc2C(c2ccccc2)=[N+]([O-])C1.Cl. The summed E-state index contributed by atoms with van der Waals surface area (Å²) >= 11 is 6.17. The maximum atomic E-state index is 12.9. The van der Waals surface area contributed by atoms with Gasteiger partial charge in [-0.2, -0.15) is 10.0 Å². The van der Waals surface area contributed by atoms with Crippen LogP contribution >= 0.6 is 24.0 Å². The second-order valence-corrected chi connectivity index (χ2v) is 6.21. The Morgan fingerprint density at radius 1 is 1.27 bits per heavy atom. The van der Waals surface area contributed by atoms with Crippen LogP contribution in [0, 0.1) is 16.5 Å². The van der Waals surface area contributed by atoms with Gasteiger partial charge in [-0.05, 0) is 30.3 Å². The predicted molar refractivity (Wildman–Crippen MR) is 107 cm³/mol. The van der Waals surface area contributed by atoms with Crippen LogP contribution in [-0.4, -0.2) is 41.3 Å². The molecule has 2 aromatic carbocycles. The first-order chi connectivity index (χ1) is 12.1. The Hall–Kier alpha value is -2.55. The van der Waals surface area contributed by atoms with Gasteiger partial charge in [0.2, 0.25) is 12.3 Å². The maximum Gasteiger partial charge on any atom is 0.228 e. The Balaban J connectivity index is 0.00000243. The highest BCUT2D eigenvalue weighted by Crippen LogP contribution is 2.28. The van der Waals surface area contributed by atoms with E-state index in [0.717, 1.165) is 10.3 Å². The molecule has 7 heteroatoms. The number of rotatable bonds is 3. The Labute approximate surface area is 163 Å². The summed E-state index contributed by atoms with van der Waals surface area (Å²) in [6, 6.07) is 17.0. The molecule has 0 spiro atoms. The van der Waals surface area contributed by atoms with E-state index in [1.54, 1.807) is 12.1 Å². The smallest absolute Gasteiger partial charge is 0.228 e. The van der Waals surface area contributed by atoms with Crippen molar-refractivity contribution in [3.05, 3.63) is 69.9 Å². The largest absolute Gasteiger partial charge is 0.623 e. The molecule has 0 aromatic heterocycles. The number of benzene rings is 2. The van der Waals surface area contributed by atoms with E-state index in [0.29, 0.717) is 40.8 Å². The monoisotopic (exact) mass is 388 g/mol. The first-order valence-electron chi connectivity index (χ1n) is 7.93. The molecule has 0 aliphatic carbocycles. The van der Waals surface area contributed by atoms with E-state index in [4.69, 9.17) is 16.9 Å². The van der Waals surface area contributed by atoms with E-state index >= 15 is 0 Å². The van der Waals surface area contributed by atoms with Crippen LogP contribution in [0.3, 0.4) is 0 Å². The highest BCUT2D eigenvalue weighted by atomic mass is 35.5. The van der Waals surface area contributed by atoms with Gasteiger partial charge in [-0.3, -0.25) is 0 Å². The van der Waals surface area contributed by atoms with E-state index < -0.39 is 0 Å². The fraction of sp³-hybridized carbons (Fsp3) is 0.211. The van der Waals surface area contributed by atoms with Crippen LogP contribution in [0.25, 0.3) is 0 Å². The summed E-state index contributed by atoms with van der Waals surface area (Å²) in [7, 11) is 1.84. The van der Waals surface area contributed by atoms with Crippen molar-refractivity contribution in [2.75, 3.05) is 20.1 Å². The third-order valence-electron chi connectivity index (χ3n) is 4.04. The third kappa shape index (κ3) is 4.16. The zero-order chi connectivity index (χ0) is 17.8. The van der Waals surface area contributed by atoms with E-state index in [1.807, 2.05) is 48.3 Å². The molecule has 0 saturated heterocycles. The molecule has 1 aliphatic rings. The predicted octanol–water partition coefficient (Wildman–Crippen LogP) is 4.00. The van der Waals surface area contributed by atoms with Crippen molar-refractivity contribution in [2.24, 2.45) is 4.99 Å². The summed E-state index contributed by atoms with van der Waals surface area (Å²) in [5, 5.41) is 22.3. The second-order valence-electron chi connectivity index (χ2n) is 5.77. The number of aliphatic imine (C=N–C) groups is 1. The van der Waals surface area contributed by atoms with Crippen molar-refractivity contribution in [1.29, 1.82) is 5.26 Å². The van der Waals surface area contributed by atoms with Crippen molar-refractivity contribution in [2.45, 2.75) is 6.42 Å². The molecule has 26 heavy (non-hydrogen) atoms. The van der Waals surface area contributed by atoms with Crippen molar-refractivity contribution >= 4 is 41.2 Å². The number of amidine groups is 1. The van der Waals surface area contributed by atoms with Crippen LogP contribution in [0.15, 0.2) is 53.5 Å². The van der Waals surface area contributed by atoms with Crippen LogP contribution < -0.4 is 0 Å². The topological polar surface area (TPSA) is 65.5 Å². The zero-order valence-corrected chi connectivity index (χ0v) is 15.8. The minimum Gasteiger partial charge on any atom is -0.623 e. The van der Waals surface area contributed by atoms with Gasteiger partial charge in [-0.1, -0.05) is 29.8 Å². The average molecular weight is 389 g/mol. The van der Waals surface area contributed by atoms with E-state index in [-0.39, 0.29) is 19.0 Å². The van der Waals surface area contributed by atoms with Gasteiger partial charge in [0, 0.05) is 24.2 Å². The number of nitriles is 1. The number of likely N-dealkylation sites (N-methyl/N-ethyl adjacent to an activating group) is 1. The van der Waals surface area contributed by atoms with E-state index in [1.165, 1.54) is 0 Å². The molecule has 1 aliphatic heterocycles. The number of halogens is 2. The Kier molecular flexibility index (Phi) is 6.62. The summed E-state index contributed by atoms with van der Waals surface area (Å²) in [6.45, 7) is 0.630. The van der Waals surface area contributed by atoms with Crippen molar-refractivity contribution < 1.29 is 4.74 Å². The molecule has 0 amide bonds. The number of hydroxylamine groups is 1. The Bertz CT molecular complexity index is 888. The number of fused-ring (bicyclic) bond motifs is 1. The molecule has 0 N–H and O–H groups in total. The standard InChI is InChI=1S/C19H17ClN4O.ClH/c1-23(11-5-10-21)18-13-24(25)19(14-6-3-2-4-7-14)16-12-15(20)8-9-17(16)22-18;/h2-4,6-9,12H,5,11,13H2,1H3;1H. The van der Waals surface area contributed by atoms with Gasteiger partial charge in [0.05, 0.1) is 23.7 Å². The summed E-state index contributed by atoms with van der Waals surface area (Å²) < 4.78 is 0.944. The van der Waals surface area contributed by atoms with Gasteiger partial charge in [-0.15, -0.1) is 12.4 Å². The lowest BCUT2D eigenvalue weighted by Crippen LogP contribution is -2.34. The average Bonchev–Trinajstić information content (AvgIpc) is 2.76. The van der Waals surface area contributed by atoms with Crippen LogP contribution in [0.2, 0.25) is 5.02 Å². The molecule has 134 valence electrons. The van der Waals surface area contributed by atoms with Gasteiger partial charge in [-0.25, -0.2) is 4.99 Å². The minimum absolute atomic E-state index is 0. The summed E-state index contributed by atoms with van der Waals surface area (Å²) in [5.41, 5.74) is 2.76. The number of hydrogen-bond acceptors (Lipinski definition) is 4. The summed E-state index contributed by atoms with van der Waals surface area (Å²) in [4.78, 5) is 6.52. The summed E-state index contributed by atoms with van der Waals surface area (Å²) in [6.07, 6.45) is 0.372. The molecular weight excluding hydrogens is 371 g/mol. The number of nitrogens with zero attached hydrogens (tertiary/aromatic N) is 4. The molecule has 3 rings (SSSR count). The van der Waals surface area contributed by atoms with Gasteiger partial charge in [0.15, 0.2) is 5.84 Å². The number of hydrogen-bond donors (Lipinski definition) is 0. The highest BCUT2D eigenvalue weighted by Gasteiger charge is 2.25. The molecule has 0 unspecified atom stereocenters. The molecule has 0 radical (unpaired) electrons. The normalized spacial score (nSPS) is 13.0. The Morgan fingerprint density at radius 3 is 2.69 bits per heavy atom. The fourth-order valence-corrected chi connectivity index (χ4v) is 2.93. The van der Waals surface area contributed by atoms with Crippen LogP contribution in [0.4, 0.5) is 5.69 Å². The quantitative estimate of drug-likeness (QED) is 0.589. The van der Waals surface area contributed by atoms with Crippen LogP contribution in [-0.2, 0) is 0 Å². The van der Waals surface area contributed by atoms with Gasteiger partial charge in [0.1, 0.15) is 0 Å². The zero-order valence-electron chi connectivity index (χ0n) is 14.2. The lowest BCUT2D eigenvalue weighted by Gasteiger charge is -2.18. The van der Waals surface area contributed by atoms with E-state index in [2.05, 4.69) is 11.1 Å². The fourth-order valence-electron chi connectivity index (χ4n) is 2.76. The van der Waals surface area contributed by atoms with Gasteiger partial charge >= 0.3 is 0 Å². The highest BCUT2D eigenvalue weighted by molar-refractivity contribution is 6.31. The van der Waals surface area contributed by atoms with Crippen LogP contribution in [0.1, 0.15) is 17.5 Å². The van der Waals surface area contributed by atoms with Crippen molar-refractivity contribution in [3.63, 3.8) is 0 Å². The minimum atomic E-state index is 0. The van der Waals surface area contributed by atoms with Crippen molar-refractivity contribution in [1.82, 2.24) is 4.90 Å². The Morgan fingerprint density at radius 2 is 2.00 bits per heavy atom. The lowest BCUT2D eigenvalue weighted by molar-refractivity contribution is -0.440. The lowest BCUT2D eigenvalue weighted by atomic mass is 10.0. The van der Waals surface area contributed by atoms with Crippen LogP contribution in [0.5, 0.6) is 0 Å². The molecule has 0 atom stereocenters. The molecule has 0 saturated carbocycles.